The number of benzene rings is 1. The summed E-state index contributed by atoms with van der Waals surface area (Å²) in [6, 6.07) is 9.26. The maximum Gasteiger partial charge on any atom is 0.304 e. The van der Waals surface area contributed by atoms with Crippen molar-refractivity contribution in [3.8, 4) is 0 Å². The lowest BCUT2D eigenvalue weighted by Crippen LogP contribution is -2.75. The maximum absolute atomic E-state index is 10.1. The van der Waals surface area contributed by atoms with Gasteiger partial charge in [-0.05, 0) is 151 Å². The summed E-state index contributed by atoms with van der Waals surface area (Å²) in [5.41, 5.74) is 15.1. The zero-order valence-corrected chi connectivity index (χ0v) is 44.4. The number of hydrogen-bond donors (Lipinski definition) is 3. The molecule has 1 saturated heterocycles. The summed E-state index contributed by atoms with van der Waals surface area (Å²) < 4.78 is 0. The first-order valence-electron chi connectivity index (χ1n) is 26.1. The number of aliphatic hydroxyl groups is 1. The minimum absolute atomic E-state index is 0.101. The van der Waals surface area contributed by atoms with Crippen molar-refractivity contribution in [2.75, 3.05) is 32.4 Å². The SMILES string of the molecule is CC.CC.CC.CC(C)(C=O)CC(=O)O.CC/C=C1/CC2(CC3N(C)N(c4ccc(C(C)C)cc4)N3CCN)CCC3C(CCC4C5(C)CCCCC5CCC34C)C2=C1C(C)C.CO. The number of aliphatic hydroxyl groups excluding tert-OH is 1. The molecule has 1 aliphatic heterocycles. The van der Waals surface area contributed by atoms with Crippen molar-refractivity contribution < 1.29 is 19.8 Å². The van der Waals surface area contributed by atoms with E-state index in [4.69, 9.17) is 15.9 Å². The van der Waals surface area contributed by atoms with Gasteiger partial charge in [0.05, 0.1) is 12.1 Å². The summed E-state index contributed by atoms with van der Waals surface area (Å²) >= 11 is 0. The summed E-state index contributed by atoms with van der Waals surface area (Å²) in [5, 5.41) is 22.8. The minimum atomic E-state index is -0.938. The van der Waals surface area contributed by atoms with Gasteiger partial charge in [-0.2, -0.15) is 10.0 Å². The molecule has 5 fully saturated rings. The molecule has 1 heterocycles. The van der Waals surface area contributed by atoms with E-state index in [9.17, 15) is 9.59 Å². The number of nitrogens with zero attached hydrogens (tertiary/aromatic N) is 3. The van der Waals surface area contributed by atoms with Crippen molar-refractivity contribution in [1.82, 2.24) is 10.0 Å². The number of anilines is 1. The highest BCUT2D eigenvalue weighted by molar-refractivity contribution is 5.73. The first-order chi connectivity index (χ1) is 30.5. The molecule has 1 aromatic carbocycles. The predicted octanol–water partition coefficient (Wildman–Crippen LogP) is 13.9. The van der Waals surface area contributed by atoms with Gasteiger partial charge in [0, 0.05) is 32.7 Å². The molecule has 1 aromatic rings. The number of aliphatic carboxylic acids is 1. The van der Waals surface area contributed by atoms with Crippen LogP contribution in [0.15, 0.2) is 47.1 Å². The minimum Gasteiger partial charge on any atom is -0.481 e. The van der Waals surface area contributed by atoms with E-state index in [0.717, 1.165) is 43.7 Å². The lowest BCUT2D eigenvalue weighted by Gasteiger charge is -2.67. The van der Waals surface area contributed by atoms with Crippen LogP contribution in [0, 0.1) is 51.2 Å². The van der Waals surface area contributed by atoms with E-state index in [2.05, 4.69) is 101 Å². The Labute approximate surface area is 394 Å². The average molecular weight is 893 g/mol. The third-order valence-electron chi connectivity index (χ3n) is 16.2. The highest BCUT2D eigenvalue weighted by atomic mass is 16.4. The van der Waals surface area contributed by atoms with E-state index in [1.165, 1.54) is 88.3 Å². The van der Waals surface area contributed by atoms with E-state index < -0.39 is 11.4 Å². The van der Waals surface area contributed by atoms with Gasteiger partial charge in [-0.1, -0.05) is 140 Å². The van der Waals surface area contributed by atoms with Crippen LogP contribution in [-0.4, -0.2) is 65.9 Å². The third-order valence-corrected chi connectivity index (χ3v) is 16.2. The Balaban J connectivity index is 0.000000721. The topological polar surface area (TPSA) is 110 Å². The van der Waals surface area contributed by atoms with Crippen molar-refractivity contribution >= 4 is 17.9 Å². The van der Waals surface area contributed by atoms with E-state index in [1.54, 1.807) is 25.0 Å². The Morgan fingerprint density at radius 3 is 2.02 bits per heavy atom. The van der Waals surface area contributed by atoms with Crippen molar-refractivity contribution in [1.29, 1.82) is 0 Å². The van der Waals surface area contributed by atoms with Crippen molar-refractivity contribution in [2.45, 2.75) is 206 Å². The first-order valence-corrected chi connectivity index (χ1v) is 26.1. The molecule has 4 N–H and O–H groups in total. The number of carboxylic acid groups (broad SMARTS) is 1. The molecule has 8 heteroatoms. The number of hydrogen-bond acceptors (Lipinski definition) is 7. The summed E-state index contributed by atoms with van der Waals surface area (Å²) in [7, 11) is 3.33. The molecule has 64 heavy (non-hydrogen) atoms. The summed E-state index contributed by atoms with van der Waals surface area (Å²) in [6.45, 7) is 34.2. The molecule has 6 aliphatic rings. The van der Waals surface area contributed by atoms with Crippen LogP contribution in [0.3, 0.4) is 0 Å². The Kier molecular flexibility index (Phi) is 23.0. The molecule has 0 bridgehead atoms. The normalized spacial score (nSPS) is 31.3. The standard InChI is InChI=1S/C43H68N4.C6H10O3.3C2H6.CH4O/c1-9-12-32-27-43(28-38-45(8)47(46(38)26-25-44)34-16-14-31(15-17-34)29(2)3)24-21-36-35(40(43)39(32)30(4)5)18-19-37-41(6)22-11-10-13-33(41)20-23-42(36,37)7;1-6(2,4-7)3-5(8)9;4*1-2/h12,14-17,29-30,33,35-38H,9-11,13,18-28,44H2,1-8H3;4H,3H2,1-2H3,(H,8,9);3*1-2H3;2H,1H3/b32-12-;;;;;. The summed E-state index contributed by atoms with van der Waals surface area (Å²) in [6.07, 6.45) is 21.8. The van der Waals surface area contributed by atoms with Gasteiger partial charge in [0.2, 0.25) is 0 Å². The number of fused-ring (bicyclic) bond motifs is 7. The lowest BCUT2D eigenvalue weighted by molar-refractivity contribution is -0.160. The number of carbonyl (C=O) groups is 2. The zero-order chi connectivity index (χ0) is 48.8. The summed E-state index contributed by atoms with van der Waals surface area (Å²) in [4.78, 5) is 20.1. The number of carboxylic acids is 1. The van der Waals surface area contributed by atoms with Crippen molar-refractivity contribution in [3.05, 3.63) is 52.6 Å². The van der Waals surface area contributed by atoms with Crippen molar-refractivity contribution in [2.24, 2.45) is 57.0 Å². The Bertz CT molecular complexity index is 1630. The van der Waals surface area contributed by atoms with Crippen LogP contribution >= 0.6 is 0 Å². The van der Waals surface area contributed by atoms with E-state index >= 15 is 0 Å². The van der Waals surface area contributed by atoms with Gasteiger partial charge < -0.3 is 20.7 Å². The smallest absolute Gasteiger partial charge is 0.304 e. The van der Waals surface area contributed by atoms with Gasteiger partial charge in [-0.25, -0.2) is 5.12 Å². The molecular weight excluding hydrogens is 793 g/mol. The second-order valence-corrected chi connectivity index (χ2v) is 20.9. The van der Waals surface area contributed by atoms with Crippen LogP contribution < -0.4 is 10.9 Å². The fourth-order valence-corrected chi connectivity index (χ4v) is 13.7. The molecule has 0 spiro atoms. The largest absolute Gasteiger partial charge is 0.481 e. The van der Waals surface area contributed by atoms with E-state index in [1.807, 2.05) is 47.1 Å². The van der Waals surface area contributed by atoms with Crippen LogP contribution in [0.4, 0.5) is 5.69 Å². The number of rotatable bonds is 11. The molecule has 8 nitrogen and oxygen atoms in total. The molecule has 0 aromatic heterocycles. The number of hydrazine groups is 2. The number of aldehydes is 1. The summed E-state index contributed by atoms with van der Waals surface area (Å²) in [5.74, 6) is 3.73. The molecule has 8 atom stereocenters. The molecule has 8 unspecified atom stereocenters. The van der Waals surface area contributed by atoms with Gasteiger partial charge in [-0.15, -0.1) is 0 Å². The number of carbonyl (C=O) groups excluding carboxylic acids is 1. The Morgan fingerprint density at radius 2 is 1.50 bits per heavy atom. The molecular formula is C56H100N4O4. The van der Waals surface area contributed by atoms with Gasteiger partial charge in [0.1, 0.15) is 12.5 Å². The van der Waals surface area contributed by atoms with Crippen LogP contribution in [-0.2, 0) is 9.59 Å². The molecule has 7 rings (SSSR count). The third kappa shape index (κ3) is 11.9. The maximum atomic E-state index is 10.1. The molecule has 368 valence electrons. The van der Waals surface area contributed by atoms with Gasteiger partial charge in [-0.3, -0.25) is 4.79 Å². The predicted molar refractivity (Wildman–Crippen MR) is 273 cm³/mol. The quantitative estimate of drug-likeness (QED) is 0.188. The monoisotopic (exact) mass is 893 g/mol. The molecule has 0 radical (unpaired) electrons. The van der Waals surface area contributed by atoms with Gasteiger partial charge >= 0.3 is 5.97 Å². The molecule has 5 aliphatic carbocycles. The van der Waals surface area contributed by atoms with Gasteiger partial charge in [0.15, 0.2) is 0 Å². The van der Waals surface area contributed by atoms with Crippen LogP contribution in [0.5, 0.6) is 0 Å². The lowest BCUT2D eigenvalue weighted by atomic mass is 9.39. The second kappa shape index (κ2) is 25.6. The Morgan fingerprint density at radius 1 is 0.875 bits per heavy atom. The fourth-order valence-electron chi connectivity index (χ4n) is 13.7. The highest BCUT2D eigenvalue weighted by Gasteiger charge is 2.64. The molecule has 4 saturated carbocycles. The zero-order valence-electron chi connectivity index (χ0n) is 44.4. The molecule has 0 amide bonds. The fraction of sp³-hybridized carbons (Fsp3) is 0.786. The van der Waals surface area contributed by atoms with Crippen LogP contribution in [0.2, 0.25) is 0 Å². The first kappa shape index (κ1) is 57.6. The van der Waals surface area contributed by atoms with Gasteiger partial charge in [0.25, 0.3) is 0 Å². The van der Waals surface area contributed by atoms with E-state index in [0.29, 0.717) is 41.7 Å². The van der Waals surface area contributed by atoms with Crippen LogP contribution in [0.25, 0.3) is 0 Å². The Hall–Kier alpha value is -2.52. The van der Waals surface area contributed by atoms with Crippen molar-refractivity contribution in [3.63, 3.8) is 0 Å². The average Bonchev–Trinajstić information content (AvgIpc) is 3.62. The second-order valence-electron chi connectivity index (χ2n) is 20.9. The number of allylic oxidation sites excluding steroid dienone is 4. The highest BCUT2D eigenvalue weighted by Crippen LogP contribution is 2.72. The van der Waals surface area contributed by atoms with Crippen LogP contribution in [0.1, 0.15) is 205 Å². The van der Waals surface area contributed by atoms with E-state index in [-0.39, 0.29) is 11.8 Å². The number of nitrogens with two attached hydrogens (primary N) is 1.